The van der Waals surface area contributed by atoms with Gasteiger partial charge in [0.1, 0.15) is 5.60 Å². The molecule has 2 heterocycles. The van der Waals surface area contributed by atoms with E-state index in [0.717, 1.165) is 4.70 Å². The molecule has 0 N–H and O–H groups in total. The average molecular weight is 383 g/mol. The maximum Gasteiger partial charge on any atom is 0.410 e. The Morgan fingerprint density at radius 2 is 2.08 bits per heavy atom. The van der Waals surface area contributed by atoms with Gasteiger partial charge in [-0.3, -0.25) is 0 Å². The number of nitrogens with zero attached hydrogens (tertiary/aromatic N) is 2. The number of hydrogen-bond acceptors (Lipinski definition) is 6. The van der Waals surface area contributed by atoms with E-state index in [4.69, 9.17) is 4.74 Å². The maximum absolute atomic E-state index is 12.7. The normalized spacial score (nSPS) is 18.7. The van der Waals surface area contributed by atoms with Crippen molar-refractivity contribution in [3.63, 3.8) is 0 Å². The summed E-state index contributed by atoms with van der Waals surface area (Å²) >= 11 is 1.20. The summed E-state index contributed by atoms with van der Waals surface area (Å²) in [6, 6.07) is 7.39. The van der Waals surface area contributed by atoms with Crippen LogP contribution >= 0.6 is 11.3 Å². The molecule has 0 saturated carbocycles. The van der Waals surface area contributed by atoms with Crippen LogP contribution in [0.15, 0.2) is 28.6 Å². The zero-order valence-electron chi connectivity index (χ0n) is 14.6. The Kier molecular flexibility index (Phi) is 4.76. The van der Waals surface area contributed by atoms with Crippen molar-refractivity contribution in [2.75, 3.05) is 18.8 Å². The largest absolute Gasteiger partial charge is 0.444 e. The van der Waals surface area contributed by atoms with E-state index in [0.29, 0.717) is 25.0 Å². The van der Waals surface area contributed by atoms with Gasteiger partial charge in [0.25, 0.3) is 0 Å². The van der Waals surface area contributed by atoms with Crippen LogP contribution in [-0.2, 0) is 14.6 Å². The van der Waals surface area contributed by atoms with Crippen LogP contribution in [0.25, 0.3) is 10.2 Å². The van der Waals surface area contributed by atoms with Crippen LogP contribution in [0.1, 0.15) is 27.2 Å². The first-order valence-corrected chi connectivity index (χ1v) is 10.7. The fraction of sp³-hybridized carbons (Fsp3) is 0.529. The molecule has 1 aromatic heterocycles. The Balaban J connectivity index is 1.67. The van der Waals surface area contributed by atoms with Crippen molar-refractivity contribution in [1.82, 2.24) is 9.88 Å². The summed E-state index contributed by atoms with van der Waals surface area (Å²) in [4.78, 5) is 17.9. The summed E-state index contributed by atoms with van der Waals surface area (Å²) in [5, 5.41) is 0. The Hall–Kier alpha value is -1.67. The van der Waals surface area contributed by atoms with Gasteiger partial charge in [-0.15, -0.1) is 11.3 Å². The third-order valence-corrected chi connectivity index (χ3v) is 7.31. The second kappa shape index (κ2) is 6.57. The summed E-state index contributed by atoms with van der Waals surface area (Å²) in [6.45, 7) is 6.37. The smallest absolute Gasteiger partial charge is 0.410 e. The quantitative estimate of drug-likeness (QED) is 0.814. The third kappa shape index (κ3) is 4.30. The van der Waals surface area contributed by atoms with Crippen molar-refractivity contribution >= 4 is 37.5 Å². The maximum atomic E-state index is 12.7. The highest BCUT2D eigenvalue weighted by Crippen LogP contribution is 2.29. The minimum Gasteiger partial charge on any atom is -0.444 e. The summed E-state index contributed by atoms with van der Waals surface area (Å²) < 4.78 is 31.7. The molecule has 0 spiro atoms. The van der Waals surface area contributed by atoms with Crippen molar-refractivity contribution in [1.29, 1.82) is 0 Å². The van der Waals surface area contributed by atoms with Gasteiger partial charge in [0, 0.05) is 13.1 Å². The molecule has 3 rings (SSSR count). The number of carbonyl (C=O) groups is 1. The number of rotatable bonds is 3. The van der Waals surface area contributed by atoms with Gasteiger partial charge < -0.3 is 9.64 Å². The standard InChI is InChI=1S/C17H22N2O4S2/c1-17(2,3)23-16(20)19-9-8-12(10-19)11-25(21,22)15-18-13-6-4-5-7-14(13)24-15/h4-7,12H,8-11H2,1-3H3/t12-/m0/s1. The summed E-state index contributed by atoms with van der Waals surface area (Å²) in [5.74, 6) is -0.0870. The molecule has 1 aliphatic rings. The fourth-order valence-electron chi connectivity index (χ4n) is 2.83. The zero-order valence-corrected chi connectivity index (χ0v) is 16.2. The highest BCUT2D eigenvalue weighted by atomic mass is 32.2. The van der Waals surface area contributed by atoms with E-state index in [1.54, 1.807) is 4.90 Å². The van der Waals surface area contributed by atoms with E-state index in [-0.39, 0.29) is 22.1 Å². The molecule has 6 nitrogen and oxygen atoms in total. The van der Waals surface area contributed by atoms with Gasteiger partial charge in [-0.2, -0.15) is 0 Å². The molecule has 8 heteroatoms. The molecule has 2 aromatic rings. The Labute approximate surface area is 151 Å². The number of fused-ring (bicyclic) bond motifs is 1. The molecule has 0 aliphatic carbocycles. The van der Waals surface area contributed by atoms with Gasteiger partial charge in [-0.1, -0.05) is 12.1 Å². The molecule has 0 unspecified atom stereocenters. The zero-order chi connectivity index (χ0) is 18.2. The number of ether oxygens (including phenoxy) is 1. The van der Waals surface area contributed by atoms with Gasteiger partial charge >= 0.3 is 6.09 Å². The van der Waals surface area contributed by atoms with Gasteiger partial charge in [-0.05, 0) is 45.2 Å². The average Bonchev–Trinajstić information content (AvgIpc) is 3.11. The number of amides is 1. The predicted octanol–water partition coefficient (Wildman–Crippen LogP) is 3.33. The van der Waals surface area contributed by atoms with E-state index in [1.807, 2.05) is 45.0 Å². The van der Waals surface area contributed by atoms with E-state index in [1.165, 1.54) is 11.3 Å². The van der Waals surface area contributed by atoms with Crippen molar-refractivity contribution in [2.45, 2.75) is 37.1 Å². The number of hydrogen-bond donors (Lipinski definition) is 0. The van der Waals surface area contributed by atoms with Crippen LogP contribution in [0.4, 0.5) is 4.79 Å². The van der Waals surface area contributed by atoms with Gasteiger partial charge in [0.05, 0.1) is 16.0 Å². The van der Waals surface area contributed by atoms with Crippen molar-refractivity contribution in [3.8, 4) is 0 Å². The molecule has 1 atom stereocenters. The minimum absolute atomic E-state index is 0.00607. The van der Waals surface area contributed by atoms with Crippen LogP contribution in [0, 0.1) is 5.92 Å². The molecular formula is C17H22N2O4S2. The van der Waals surface area contributed by atoms with E-state index in [2.05, 4.69) is 4.98 Å². The molecule has 1 saturated heterocycles. The molecule has 136 valence electrons. The predicted molar refractivity (Wildman–Crippen MR) is 97.6 cm³/mol. The number of sulfone groups is 1. The molecule has 1 aromatic carbocycles. The van der Waals surface area contributed by atoms with Crippen molar-refractivity contribution < 1.29 is 17.9 Å². The van der Waals surface area contributed by atoms with Crippen LogP contribution < -0.4 is 0 Å². The number of para-hydroxylation sites is 1. The number of benzene rings is 1. The van der Waals surface area contributed by atoms with Crippen LogP contribution in [0.5, 0.6) is 0 Å². The molecule has 1 aliphatic heterocycles. The molecule has 1 amide bonds. The van der Waals surface area contributed by atoms with Crippen LogP contribution in [0.3, 0.4) is 0 Å². The first-order valence-electron chi connectivity index (χ1n) is 8.20. The van der Waals surface area contributed by atoms with Crippen molar-refractivity contribution in [2.24, 2.45) is 5.92 Å². The second-order valence-electron chi connectivity index (χ2n) is 7.31. The highest BCUT2D eigenvalue weighted by molar-refractivity contribution is 7.93. The lowest BCUT2D eigenvalue weighted by atomic mass is 10.2. The highest BCUT2D eigenvalue weighted by Gasteiger charge is 2.33. The number of carbonyl (C=O) groups excluding carboxylic acids is 1. The summed E-state index contributed by atoms with van der Waals surface area (Å²) in [6.07, 6.45) is 0.274. The Morgan fingerprint density at radius 3 is 2.76 bits per heavy atom. The summed E-state index contributed by atoms with van der Waals surface area (Å²) in [5.41, 5.74) is 0.148. The van der Waals surface area contributed by atoms with Crippen molar-refractivity contribution in [3.05, 3.63) is 24.3 Å². The Morgan fingerprint density at radius 1 is 1.36 bits per heavy atom. The van der Waals surface area contributed by atoms with E-state index >= 15 is 0 Å². The number of thiazole rings is 1. The molecular weight excluding hydrogens is 360 g/mol. The topological polar surface area (TPSA) is 76.6 Å². The molecule has 0 bridgehead atoms. The first kappa shape index (κ1) is 18.1. The number of likely N-dealkylation sites (tertiary alicyclic amines) is 1. The first-order chi connectivity index (χ1) is 11.6. The lowest BCUT2D eigenvalue weighted by Crippen LogP contribution is -2.35. The fourth-order valence-corrected chi connectivity index (χ4v) is 5.78. The molecule has 0 radical (unpaired) electrons. The van der Waals surface area contributed by atoms with E-state index < -0.39 is 15.4 Å². The van der Waals surface area contributed by atoms with Gasteiger partial charge in [0.2, 0.25) is 14.2 Å². The molecule has 25 heavy (non-hydrogen) atoms. The van der Waals surface area contributed by atoms with Crippen LogP contribution in [0.2, 0.25) is 0 Å². The third-order valence-electron chi connectivity index (χ3n) is 3.93. The van der Waals surface area contributed by atoms with Gasteiger partial charge in [-0.25, -0.2) is 18.2 Å². The Bertz CT molecular complexity index is 850. The SMILES string of the molecule is CC(C)(C)OC(=O)N1CC[C@H](CS(=O)(=O)c2nc3ccccc3s2)C1. The lowest BCUT2D eigenvalue weighted by molar-refractivity contribution is 0.0289. The van der Waals surface area contributed by atoms with Crippen LogP contribution in [-0.4, -0.2) is 48.8 Å². The molecule has 1 fully saturated rings. The van der Waals surface area contributed by atoms with E-state index in [9.17, 15) is 13.2 Å². The van der Waals surface area contributed by atoms with Gasteiger partial charge in [0.15, 0.2) is 0 Å². The number of aromatic nitrogens is 1. The summed E-state index contributed by atoms with van der Waals surface area (Å²) in [7, 11) is -3.46. The lowest BCUT2D eigenvalue weighted by Gasteiger charge is -2.24. The monoisotopic (exact) mass is 382 g/mol. The minimum atomic E-state index is -3.46. The second-order valence-corrected chi connectivity index (χ2v) is 10.5.